The number of anilines is 1. The highest BCUT2D eigenvalue weighted by atomic mass is 32.2. The van der Waals surface area contributed by atoms with Gasteiger partial charge in [-0.1, -0.05) is 12.1 Å². The average Bonchev–Trinajstić information content (AvgIpc) is 3.59. The number of nitrogens with zero attached hydrogens (tertiary/aromatic N) is 1. The predicted octanol–water partition coefficient (Wildman–Crippen LogP) is 3.92. The summed E-state index contributed by atoms with van der Waals surface area (Å²) in [6.45, 7) is 3.05. The summed E-state index contributed by atoms with van der Waals surface area (Å²) in [5.74, 6) is -1.33. The second-order valence-electron chi connectivity index (χ2n) is 8.28. The number of ether oxygens (including phenoxy) is 2. The van der Waals surface area contributed by atoms with Crippen LogP contribution in [0.2, 0.25) is 0 Å². The standard InChI is InChI=1S/C25H28N2O6S2/c1-2-32-25(31)22-16-9-7-11-19(16)35-23(22)26-20(28)14-33-24(30)17-8-3-4-10-18(17)34-15-21(29)27-12-5-6-13-27/h3-4,8,10H,2,5-7,9,11-15H2,1H3,(H,26,28). The van der Waals surface area contributed by atoms with Crippen LogP contribution >= 0.6 is 23.1 Å². The van der Waals surface area contributed by atoms with Gasteiger partial charge in [-0.25, -0.2) is 9.59 Å². The zero-order chi connectivity index (χ0) is 24.8. The molecule has 2 heterocycles. The molecule has 0 radical (unpaired) electrons. The van der Waals surface area contributed by atoms with Crippen LogP contribution in [0.1, 0.15) is 57.3 Å². The number of thioether (sulfide) groups is 1. The molecule has 1 N–H and O–H groups in total. The SMILES string of the molecule is CCOC(=O)c1c(NC(=O)COC(=O)c2ccccc2SCC(=O)N2CCCC2)sc2c1CCC2. The number of likely N-dealkylation sites (tertiary alicyclic amines) is 1. The van der Waals surface area contributed by atoms with Crippen molar-refractivity contribution in [1.29, 1.82) is 0 Å². The van der Waals surface area contributed by atoms with E-state index in [1.165, 1.54) is 23.1 Å². The molecule has 1 saturated heterocycles. The van der Waals surface area contributed by atoms with Crippen LogP contribution in [0.25, 0.3) is 0 Å². The van der Waals surface area contributed by atoms with Gasteiger partial charge in [0.25, 0.3) is 5.91 Å². The molecule has 35 heavy (non-hydrogen) atoms. The van der Waals surface area contributed by atoms with E-state index < -0.39 is 24.5 Å². The summed E-state index contributed by atoms with van der Waals surface area (Å²) >= 11 is 2.66. The first-order valence-corrected chi connectivity index (χ1v) is 13.6. The summed E-state index contributed by atoms with van der Waals surface area (Å²) in [5.41, 5.74) is 1.66. The minimum atomic E-state index is -0.642. The summed E-state index contributed by atoms with van der Waals surface area (Å²) in [5, 5.41) is 3.15. The van der Waals surface area contributed by atoms with E-state index in [4.69, 9.17) is 9.47 Å². The van der Waals surface area contributed by atoms with Crippen molar-refractivity contribution in [3.63, 3.8) is 0 Å². The quantitative estimate of drug-likeness (QED) is 0.398. The van der Waals surface area contributed by atoms with E-state index in [1.807, 2.05) is 4.90 Å². The summed E-state index contributed by atoms with van der Waals surface area (Å²) in [4.78, 5) is 53.7. The summed E-state index contributed by atoms with van der Waals surface area (Å²) in [6, 6.07) is 6.88. The van der Waals surface area contributed by atoms with Crippen LogP contribution in [0.3, 0.4) is 0 Å². The molecule has 2 amide bonds. The van der Waals surface area contributed by atoms with Crippen molar-refractivity contribution >= 4 is 51.9 Å². The molecular weight excluding hydrogens is 488 g/mol. The van der Waals surface area contributed by atoms with Crippen molar-refractivity contribution in [2.24, 2.45) is 0 Å². The predicted molar refractivity (Wildman–Crippen MR) is 134 cm³/mol. The van der Waals surface area contributed by atoms with E-state index >= 15 is 0 Å². The van der Waals surface area contributed by atoms with E-state index in [1.54, 1.807) is 31.2 Å². The van der Waals surface area contributed by atoms with Crippen molar-refractivity contribution in [2.75, 3.05) is 37.4 Å². The molecule has 0 bridgehead atoms. The Labute approximate surface area is 212 Å². The van der Waals surface area contributed by atoms with E-state index in [-0.39, 0.29) is 18.3 Å². The molecule has 8 nitrogen and oxygen atoms in total. The molecule has 0 unspecified atom stereocenters. The Hall–Kier alpha value is -2.85. The maximum absolute atomic E-state index is 12.7. The number of carbonyl (C=O) groups excluding carboxylic acids is 4. The highest BCUT2D eigenvalue weighted by Gasteiger charge is 2.28. The normalized spacial score (nSPS) is 14.5. The highest BCUT2D eigenvalue weighted by molar-refractivity contribution is 8.00. The van der Waals surface area contributed by atoms with E-state index in [0.717, 1.165) is 55.6 Å². The Balaban J connectivity index is 1.35. The topological polar surface area (TPSA) is 102 Å². The molecule has 10 heteroatoms. The van der Waals surface area contributed by atoms with Gasteiger partial charge in [-0.2, -0.15) is 0 Å². The second kappa shape index (κ2) is 11.7. The third-order valence-corrected chi connectivity index (χ3v) is 8.17. The molecule has 1 aromatic carbocycles. The molecule has 1 aliphatic carbocycles. The fourth-order valence-electron chi connectivity index (χ4n) is 4.24. The summed E-state index contributed by atoms with van der Waals surface area (Å²) in [6.07, 6.45) is 4.67. The molecular formula is C25H28N2O6S2. The Bertz CT molecular complexity index is 1120. The van der Waals surface area contributed by atoms with Gasteiger partial charge in [0.05, 0.1) is 23.5 Å². The number of thiophene rings is 1. The maximum atomic E-state index is 12.7. The van der Waals surface area contributed by atoms with Gasteiger partial charge in [-0.3, -0.25) is 9.59 Å². The van der Waals surface area contributed by atoms with E-state index in [2.05, 4.69) is 5.32 Å². The van der Waals surface area contributed by atoms with Crippen molar-refractivity contribution < 1.29 is 28.7 Å². The van der Waals surface area contributed by atoms with Crippen molar-refractivity contribution in [2.45, 2.75) is 43.9 Å². The van der Waals surface area contributed by atoms with Gasteiger partial charge in [-0.15, -0.1) is 23.1 Å². The first kappa shape index (κ1) is 25.2. The smallest absolute Gasteiger partial charge is 0.341 e. The average molecular weight is 517 g/mol. The van der Waals surface area contributed by atoms with Crippen LogP contribution in [0, 0.1) is 0 Å². The molecule has 186 valence electrons. The fourth-order valence-corrected chi connectivity index (χ4v) is 6.48. The van der Waals surface area contributed by atoms with Gasteiger partial charge in [-0.05, 0) is 56.7 Å². The Morgan fingerprint density at radius 2 is 1.80 bits per heavy atom. The number of amides is 2. The Morgan fingerprint density at radius 3 is 2.57 bits per heavy atom. The zero-order valence-electron chi connectivity index (χ0n) is 19.6. The second-order valence-corrected chi connectivity index (χ2v) is 10.4. The van der Waals surface area contributed by atoms with Gasteiger partial charge in [0.15, 0.2) is 6.61 Å². The number of carbonyl (C=O) groups is 4. The number of nitrogens with one attached hydrogen (secondary N) is 1. The van der Waals surface area contributed by atoms with Crippen LogP contribution in [0.4, 0.5) is 5.00 Å². The fraction of sp³-hybridized carbons (Fsp3) is 0.440. The zero-order valence-corrected chi connectivity index (χ0v) is 21.2. The van der Waals surface area contributed by atoms with E-state index in [9.17, 15) is 19.2 Å². The molecule has 0 spiro atoms. The molecule has 1 aromatic heterocycles. The molecule has 0 saturated carbocycles. The lowest BCUT2D eigenvalue weighted by atomic mass is 10.1. The largest absolute Gasteiger partial charge is 0.462 e. The number of rotatable bonds is 9. The van der Waals surface area contributed by atoms with Crippen LogP contribution in [0.5, 0.6) is 0 Å². The number of aryl methyl sites for hydroxylation is 1. The minimum Gasteiger partial charge on any atom is -0.462 e. The number of esters is 2. The van der Waals surface area contributed by atoms with Gasteiger partial charge in [0.2, 0.25) is 5.91 Å². The van der Waals surface area contributed by atoms with Gasteiger partial charge >= 0.3 is 11.9 Å². The van der Waals surface area contributed by atoms with Crippen LogP contribution < -0.4 is 5.32 Å². The Kier molecular flexibility index (Phi) is 8.46. The van der Waals surface area contributed by atoms with Crippen LogP contribution in [-0.4, -0.2) is 60.7 Å². The minimum absolute atomic E-state index is 0.0512. The van der Waals surface area contributed by atoms with E-state index in [0.29, 0.717) is 21.0 Å². The number of hydrogen-bond acceptors (Lipinski definition) is 8. The first-order chi connectivity index (χ1) is 17.0. The lowest BCUT2D eigenvalue weighted by Gasteiger charge is -2.15. The summed E-state index contributed by atoms with van der Waals surface area (Å²) in [7, 11) is 0. The van der Waals surface area contributed by atoms with Crippen LogP contribution in [-0.2, 0) is 31.9 Å². The molecule has 1 aliphatic heterocycles. The maximum Gasteiger partial charge on any atom is 0.341 e. The highest BCUT2D eigenvalue weighted by Crippen LogP contribution is 2.39. The number of benzene rings is 1. The van der Waals surface area contributed by atoms with Crippen molar-refractivity contribution in [1.82, 2.24) is 4.90 Å². The Morgan fingerprint density at radius 1 is 1.03 bits per heavy atom. The third kappa shape index (κ3) is 6.05. The van der Waals surface area contributed by atoms with Gasteiger partial charge in [0.1, 0.15) is 5.00 Å². The third-order valence-electron chi connectivity index (χ3n) is 5.91. The van der Waals surface area contributed by atoms with Gasteiger partial charge < -0.3 is 19.7 Å². The number of fused-ring (bicyclic) bond motifs is 1. The molecule has 4 rings (SSSR count). The molecule has 1 fully saturated rings. The molecule has 2 aromatic rings. The van der Waals surface area contributed by atoms with Gasteiger partial charge in [0, 0.05) is 22.9 Å². The van der Waals surface area contributed by atoms with Crippen molar-refractivity contribution in [3.8, 4) is 0 Å². The first-order valence-electron chi connectivity index (χ1n) is 11.8. The van der Waals surface area contributed by atoms with Crippen molar-refractivity contribution in [3.05, 3.63) is 45.8 Å². The lowest BCUT2D eigenvalue weighted by molar-refractivity contribution is -0.127. The lowest BCUT2D eigenvalue weighted by Crippen LogP contribution is -2.29. The molecule has 2 aliphatic rings. The van der Waals surface area contributed by atoms with Crippen LogP contribution in [0.15, 0.2) is 29.2 Å². The number of hydrogen-bond donors (Lipinski definition) is 1. The molecule has 0 atom stereocenters. The summed E-state index contributed by atoms with van der Waals surface area (Å²) < 4.78 is 10.4. The monoisotopic (exact) mass is 516 g/mol.